The predicted molar refractivity (Wildman–Crippen MR) is 113 cm³/mol. The highest BCUT2D eigenvalue weighted by Crippen LogP contribution is 2.35. The molecule has 0 bridgehead atoms. The van der Waals surface area contributed by atoms with Gasteiger partial charge in [-0.15, -0.1) is 0 Å². The van der Waals surface area contributed by atoms with Gasteiger partial charge in [0.05, 0.1) is 16.8 Å². The van der Waals surface area contributed by atoms with E-state index in [2.05, 4.69) is 38.1 Å². The molecule has 0 atom stereocenters. The molecule has 152 valence electrons. The largest absolute Gasteiger partial charge is 0.454 e. The van der Waals surface area contributed by atoms with Gasteiger partial charge in [-0.3, -0.25) is 4.90 Å². The molecule has 2 aliphatic heterocycles. The number of ether oxygens (including phenoxy) is 2. The average Bonchev–Trinajstić information content (AvgIpc) is 3.52. The molecule has 1 saturated heterocycles. The summed E-state index contributed by atoms with van der Waals surface area (Å²) < 4.78 is 17.5. The van der Waals surface area contributed by atoms with Crippen molar-refractivity contribution in [2.75, 3.05) is 37.9 Å². The van der Waals surface area contributed by atoms with E-state index in [1.807, 2.05) is 24.3 Å². The van der Waals surface area contributed by atoms with E-state index >= 15 is 0 Å². The molecule has 4 heterocycles. The predicted octanol–water partition coefficient (Wildman–Crippen LogP) is 3.40. The van der Waals surface area contributed by atoms with Crippen molar-refractivity contribution >= 4 is 26.7 Å². The summed E-state index contributed by atoms with van der Waals surface area (Å²) in [5.74, 6) is 2.64. The van der Waals surface area contributed by atoms with E-state index in [0.29, 0.717) is 24.0 Å². The van der Waals surface area contributed by atoms with Crippen LogP contribution in [0, 0.1) is 0 Å². The maximum Gasteiger partial charge on any atom is 0.241 e. The lowest BCUT2D eigenvalue weighted by molar-refractivity contribution is 0.174. The molecule has 0 radical (unpaired) electrons. The van der Waals surface area contributed by atoms with E-state index in [1.54, 1.807) is 11.3 Å². The van der Waals surface area contributed by atoms with E-state index in [9.17, 15) is 0 Å². The van der Waals surface area contributed by atoms with Crippen molar-refractivity contribution < 1.29 is 14.0 Å². The van der Waals surface area contributed by atoms with Crippen molar-refractivity contribution in [3.8, 4) is 22.9 Å². The van der Waals surface area contributed by atoms with Gasteiger partial charge in [-0.1, -0.05) is 28.6 Å². The Bertz CT molecular complexity index is 1170. The molecule has 0 N–H and O–H groups in total. The number of hydrogen-bond donors (Lipinski definition) is 0. The summed E-state index contributed by atoms with van der Waals surface area (Å²) in [7, 11) is 0. The Morgan fingerprint density at radius 2 is 1.80 bits per heavy atom. The van der Waals surface area contributed by atoms with Gasteiger partial charge in [-0.05, 0) is 30.3 Å². The molecule has 0 amide bonds. The van der Waals surface area contributed by atoms with Gasteiger partial charge in [-0.2, -0.15) is 4.98 Å². The van der Waals surface area contributed by atoms with E-state index < -0.39 is 0 Å². The maximum absolute atomic E-state index is 5.49. The Morgan fingerprint density at radius 1 is 0.933 bits per heavy atom. The number of piperazine rings is 1. The summed E-state index contributed by atoms with van der Waals surface area (Å²) in [4.78, 5) is 14.0. The zero-order valence-corrected chi connectivity index (χ0v) is 17.0. The summed E-state index contributed by atoms with van der Waals surface area (Å²) in [5, 5.41) is 5.23. The van der Waals surface area contributed by atoms with Gasteiger partial charge in [0.15, 0.2) is 16.6 Å². The van der Waals surface area contributed by atoms with Crippen LogP contribution in [0.1, 0.15) is 5.89 Å². The summed E-state index contributed by atoms with van der Waals surface area (Å²) in [5.41, 5.74) is 1.93. The smallest absolute Gasteiger partial charge is 0.241 e. The van der Waals surface area contributed by atoms with E-state index in [1.165, 1.54) is 4.70 Å². The quantitative estimate of drug-likeness (QED) is 0.496. The van der Waals surface area contributed by atoms with Crippen LogP contribution < -0.4 is 14.4 Å². The van der Waals surface area contributed by atoms with Crippen molar-refractivity contribution in [1.82, 2.24) is 20.0 Å². The first kappa shape index (κ1) is 17.7. The van der Waals surface area contributed by atoms with Gasteiger partial charge in [0, 0.05) is 31.7 Å². The monoisotopic (exact) mass is 421 g/mol. The standard InChI is InChI=1S/C21H19N5O3S/c1-2-4-18-15(3-1)22-21(30-18)26-9-7-25(8-10-26)12-19-23-20(24-29-19)14-5-6-16-17(11-14)28-13-27-16/h1-6,11H,7-10,12-13H2. The fourth-order valence-electron chi connectivity index (χ4n) is 3.76. The number of aromatic nitrogens is 3. The van der Waals surface area contributed by atoms with Crippen molar-refractivity contribution in [2.45, 2.75) is 6.54 Å². The van der Waals surface area contributed by atoms with Gasteiger partial charge >= 0.3 is 0 Å². The highest BCUT2D eigenvalue weighted by atomic mass is 32.1. The lowest BCUT2D eigenvalue weighted by Gasteiger charge is -2.33. The minimum Gasteiger partial charge on any atom is -0.454 e. The number of rotatable bonds is 4. The zero-order valence-electron chi connectivity index (χ0n) is 16.2. The number of benzene rings is 2. The SMILES string of the molecule is c1ccc2sc(N3CCN(Cc4nc(-c5ccc6c(c5)OCO6)no4)CC3)nc2c1. The fourth-order valence-corrected chi connectivity index (χ4v) is 4.77. The van der Waals surface area contributed by atoms with Gasteiger partial charge < -0.3 is 18.9 Å². The molecule has 2 aromatic carbocycles. The van der Waals surface area contributed by atoms with Crippen molar-refractivity contribution in [2.24, 2.45) is 0 Å². The second-order valence-electron chi connectivity index (χ2n) is 7.31. The molecule has 0 saturated carbocycles. The average molecular weight is 421 g/mol. The highest BCUT2D eigenvalue weighted by molar-refractivity contribution is 7.22. The third-order valence-electron chi connectivity index (χ3n) is 5.38. The second kappa shape index (κ2) is 7.26. The topological polar surface area (TPSA) is 76.8 Å². The van der Waals surface area contributed by atoms with Gasteiger partial charge in [-0.25, -0.2) is 4.98 Å². The molecular weight excluding hydrogens is 402 g/mol. The minimum atomic E-state index is 0.249. The Kier molecular flexibility index (Phi) is 4.28. The van der Waals surface area contributed by atoms with Crippen LogP contribution in [0.5, 0.6) is 11.5 Å². The van der Waals surface area contributed by atoms with Crippen LogP contribution in [0.4, 0.5) is 5.13 Å². The molecule has 1 fully saturated rings. The summed E-state index contributed by atoms with van der Waals surface area (Å²) in [6.07, 6.45) is 0. The van der Waals surface area contributed by atoms with Crippen LogP contribution >= 0.6 is 11.3 Å². The van der Waals surface area contributed by atoms with Crippen molar-refractivity contribution in [3.05, 3.63) is 48.4 Å². The number of thiazole rings is 1. The molecule has 2 aliphatic rings. The molecule has 0 spiro atoms. The lowest BCUT2D eigenvalue weighted by atomic mass is 10.2. The van der Waals surface area contributed by atoms with Crippen LogP contribution in [0.25, 0.3) is 21.6 Å². The van der Waals surface area contributed by atoms with Gasteiger partial charge in [0.25, 0.3) is 0 Å². The van der Waals surface area contributed by atoms with Crippen LogP contribution in [0.3, 0.4) is 0 Å². The molecule has 9 heteroatoms. The van der Waals surface area contributed by atoms with Crippen molar-refractivity contribution in [1.29, 1.82) is 0 Å². The minimum absolute atomic E-state index is 0.249. The van der Waals surface area contributed by atoms with Crippen molar-refractivity contribution in [3.63, 3.8) is 0 Å². The second-order valence-corrected chi connectivity index (χ2v) is 8.32. The highest BCUT2D eigenvalue weighted by Gasteiger charge is 2.22. The third-order valence-corrected chi connectivity index (χ3v) is 6.48. The molecule has 6 rings (SSSR count). The van der Waals surface area contributed by atoms with Crippen LogP contribution in [-0.4, -0.2) is 53.0 Å². The van der Waals surface area contributed by atoms with Gasteiger partial charge in [0.2, 0.25) is 18.5 Å². The number of anilines is 1. The number of nitrogens with zero attached hydrogens (tertiary/aromatic N) is 5. The first-order valence-electron chi connectivity index (χ1n) is 9.87. The molecule has 8 nitrogen and oxygen atoms in total. The Labute approximate surface area is 176 Å². The summed E-state index contributed by atoms with van der Waals surface area (Å²) >= 11 is 1.75. The Hall–Kier alpha value is -3.17. The lowest BCUT2D eigenvalue weighted by Crippen LogP contribution is -2.46. The zero-order chi connectivity index (χ0) is 19.9. The van der Waals surface area contributed by atoms with E-state index in [0.717, 1.165) is 48.1 Å². The normalized spacial score (nSPS) is 16.5. The molecule has 2 aromatic heterocycles. The summed E-state index contributed by atoms with van der Waals surface area (Å²) in [6, 6.07) is 14.0. The first-order chi connectivity index (χ1) is 14.8. The molecule has 4 aromatic rings. The summed E-state index contributed by atoms with van der Waals surface area (Å²) in [6.45, 7) is 4.62. The van der Waals surface area contributed by atoms with E-state index in [-0.39, 0.29) is 6.79 Å². The number of fused-ring (bicyclic) bond motifs is 2. The Balaban J connectivity index is 1.10. The fraction of sp³-hybridized carbons (Fsp3) is 0.286. The molecule has 0 aliphatic carbocycles. The Morgan fingerprint density at radius 3 is 2.70 bits per heavy atom. The van der Waals surface area contributed by atoms with Crippen LogP contribution in [-0.2, 0) is 6.54 Å². The maximum atomic E-state index is 5.49. The first-order valence-corrected chi connectivity index (χ1v) is 10.7. The van der Waals surface area contributed by atoms with Crippen LogP contribution in [0.2, 0.25) is 0 Å². The van der Waals surface area contributed by atoms with Crippen LogP contribution in [0.15, 0.2) is 47.0 Å². The van der Waals surface area contributed by atoms with E-state index in [4.69, 9.17) is 19.0 Å². The number of para-hydroxylation sites is 1. The molecule has 0 unspecified atom stereocenters. The molecular formula is C21H19N5O3S. The number of hydrogen-bond acceptors (Lipinski definition) is 9. The molecule has 30 heavy (non-hydrogen) atoms. The third kappa shape index (κ3) is 3.25. The van der Waals surface area contributed by atoms with Gasteiger partial charge in [0.1, 0.15) is 0 Å².